The Balaban J connectivity index is 2.09. The van der Waals surface area contributed by atoms with Crippen LogP contribution in [0.1, 0.15) is 34.3 Å². The summed E-state index contributed by atoms with van der Waals surface area (Å²) in [5, 5.41) is 8.49. The van der Waals surface area contributed by atoms with Crippen molar-refractivity contribution >= 4 is 11.8 Å². The summed E-state index contributed by atoms with van der Waals surface area (Å²) in [6.07, 6.45) is -0.0681. The summed E-state index contributed by atoms with van der Waals surface area (Å²) < 4.78 is 5.24. The summed E-state index contributed by atoms with van der Waals surface area (Å²) in [5.74, 6) is -1.07. The fourth-order valence-electron chi connectivity index (χ4n) is 1.71. The molecule has 1 aromatic rings. The third-order valence-electron chi connectivity index (χ3n) is 2.61. The van der Waals surface area contributed by atoms with Gasteiger partial charge >= 0.3 is 5.97 Å². The quantitative estimate of drug-likeness (QED) is 0.785. The zero-order chi connectivity index (χ0) is 11.5. The Morgan fingerprint density at radius 1 is 1.19 bits per heavy atom. The van der Waals surface area contributed by atoms with Crippen LogP contribution in [-0.4, -0.2) is 16.9 Å². The summed E-state index contributed by atoms with van der Waals surface area (Å²) in [6.45, 7) is 1.13. The molecule has 0 spiro atoms. The standard InChI is InChI=1S/C12H12O4/c13-11(3-4-12(14)15)8-1-2-9-6-16-7-10(9)5-8/h1-2,5H,3-4,6-7H2,(H,14,15). The van der Waals surface area contributed by atoms with Gasteiger partial charge in [0.25, 0.3) is 0 Å². The number of hydrogen-bond donors (Lipinski definition) is 1. The second-order valence-corrected chi connectivity index (χ2v) is 3.79. The summed E-state index contributed by atoms with van der Waals surface area (Å²) >= 11 is 0. The van der Waals surface area contributed by atoms with Crippen LogP contribution in [-0.2, 0) is 22.7 Å². The maximum absolute atomic E-state index is 11.6. The number of ether oxygens (including phenoxy) is 1. The van der Waals surface area contributed by atoms with Gasteiger partial charge in [0.1, 0.15) is 0 Å². The first kappa shape index (κ1) is 10.8. The van der Waals surface area contributed by atoms with Crippen LogP contribution in [0.5, 0.6) is 0 Å². The summed E-state index contributed by atoms with van der Waals surface area (Å²) in [6, 6.07) is 5.40. The van der Waals surface area contributed by atoms with E-state index in [1.165, 1.54) is 0 Å². The first-order chi connectivity index (χ1) is 7.66. The molecule has 4 nitrogen and oxygen atoms in total. The second kappa shape index (κ2) is 4.45. The van der Waals surface area contributed by atoms with Gasteiger partial charge in [-0.2, -0.15) is 0 Å². The fraction of sp³-hybridized carbons (Fsp3) is 0.333. The van der Waals surface area contributed by atoms with Gasteiger partial charge < -0.3 is 9.84 Å². The van der Waals surface area contributed by atoms with Crippen LogP contribution in [0.2, 0.25) is 0 Å². The smallest absolute Gasteiger partial charge is 0.303 e. The Hall–Kier alpha value is -1.68. The number of carbonyl (C=O) groups excluding carboxylic acids is 1. The lowest BCUT2D eigenvalue weighted by Gasteiger charge is -2.02. The third kappa shape index (κ3) is 2.28. The molecule has 1 aromatic carbocycles. The number of ketones is 1. The predicted molar refractivity (Wildman–Crippen MR) is 56.1 cm³/mol. The minimum absolute atomic E-state index is 0.0506. The number of aliphatic carboxylic acids is 1. The Labute approximate surface area is 92.8 Å². The molecule has 1 aliphatic heterocycles. The van der Waals surface area contributed by atoms with Gasteiger partial charge in [0.2, 0.25) is 0 Å². The lowest BCUT2D eigenvalue weighted by molar-refractivity contribution is -0.136. The van der Waals surface area contributed by atoms with Crippen LogP contribution in [0.25, 0.3) is 0 Å². The Bertz CT molecular complexity index is 437. The minimum atomic E-state index is -0.946. The number of benzene rings is 1. The van der Waals surface area contributed by atoms with Gasteiger partial charge in [-0.3, -0.25) is 9.59 Å². The van der Waals surface area contributed by atoms with Crippen molar-refractivity contribution in [3.63, 3.8) is 0 Å². The van der Waals surface area contributed by atoms with E-state index in [2.05, 4.69) is 0 Å². The average molecular weight is 220 g/mol. The van der Waals surface area contributed by atoms with Crippen LogP contribution in [0.4, 0.5) is 0 Å². The van der Waals surface area contributed by atoms with E-state index in [-0.39, 0.29) is 18.6 Å². The highest BCUT2D eigenvalue weighted by atomic mass is 16.5. The van der Waals surface area contributed by atoms with Gasteiger partial charge in [0.05, 0.1) is 19.6 Å². The summed E-state index contributed by atoms with van der Waals surface area (Å²) in [5.41, 5.74) is 2.71. The van der Waals surface area contributed by atoms with Crippen molar-refractivity contribution in [2.24, 2.45) is 0 Å². The Morgan fingerprint density at radius 3 is 2.69 bits per heavy atom. The number of carboxylic acids is 1. The van der Waals surface area contributed by atoms with Crippen molar-refractivity contribution < 1.29 is 19.4 Å². The normalized spacial score (nSPS) is 13.5. The van der Waals surface area contributed by atoms with Crippen molar-refractivity contribution in [1.29, 1.82) is 0 Å². The van der Waals surface area contributed by atoms with Crippen molar-refractivity contribution in [3.8, 4) is 0 Å². The zero-order valence-corrected chi connectivity index (χ0v) is 8.73. The molecule has 0 saturated heterocycles. The monoisotopic (exact) mass is 220 g/mol. The topological polar surface area (TPSA) is 63.6 Å². The summed E-state index contributed by atoms with van der Waals surface area (Å²) in [7, 11) is 0. The van der Waals surface area contributed by atoms with Crippen molar-refractivity contribution in [2.45, 2.75) is 26.1 Å². The van der Waals surface area contributed by atoms with E-state index in [1.54, 1.807) is 12.1 Å². The number of rotatable bonds is 4. The van der Waals surface area contributed by atoms with Crippen molar-refractivity contribution in [2.75, 3.05) is 0 Å². The molecule has 0 fully saturated rings. The van der Waals surface area contributed by atoms with Gasteiger partial charge in [0.15, 0.2) is 5.78 Å². The number of carbonyl (C=O) groups is 2. The van der Waals surface area contributed by atoms with Crippen LogP contribution in [0.15, 0.2) is 18.2 Å². The van der Waals surface area contributed by atoms with E-state index in [0.29, 0.717) is 18.8 Å². The molecule has 0 aliphatic carbocycles. The SMILES string of the molecule is O=C(O)CCC(=O)c1ccc2c(c1)COC2. The molecule has 0 radical (unpaired) electrons. The van der Waals surface area contributed by atoms with E-state index in [0.717, 1.165) is 11.1 Å². The number of hydrogen-bond acceptors (Lipinski definition) is 3. The summed E-state index contributed by atoms with van der Waals surface area (Å²) in [4.78, 5) is 22.0. The van der Waals surface area contributed by atoms with Crippen LogP contribution in [0.3, 0.4) is 0 Å². The maximum Gasteiger partial charge on any atom is 0.303 e. The molecule has 0 saturated carbocycles. The predicted octanol–water partition coefficient (Wildman–Crippen LogP) is 1.76. The van der Waals surface area contributed by atoms with Gasteiger partial charge in [-0.1, -0.05) is 12.1 Å². The zero-order valence-electron chi connectivity index (χ0n) is 8.73. The van der Waals surface area contributed by atoms with Crippen molar-refractivity contribution in [3.05, 3.63) is 34.9 Å². The molecular weight excluding hydrogens is 208 g/mol. The van der Waals surface area contributed by atoms with Crippen molar-refractivity contribution in [1.82, 2.24) is 0 Å². The minimum Gasteiger partial charge on any atom is -0.481 e. The van der Waals surface area contributed by atoms with Gasteiger partial charge in [-0.25, -0.2) is 0 Å². The highest BCUT2D eigenvalue weighted by Crippen LogP contribution is 2.21. The van der Waals surface area contributed by atoms with Gasteiger partial charge in [-0.05, 0) is 17.2 Å². The molecule has 0 aromatic heterocycles. The Kier molecular flexibility index (Phi) is 3.01. The van der Waals surface area contributed by atoms with E-state index in [9.17, 15) is 9.59 Å². The van der Waals surface area contributed by atoms with Gasteiger partial charge in [0, 0.05) is 12.0 Å². The molecule has 4 heteroatoms. The highest BCUT2D eigenvalue weighted by Gasteiger charge is 2.14. The largest absolute Gasteiger partial charge is 0.481 e. The second-order valence-electron chi connectivity index (χ2n) is 3.79. The molecule has 2 rings (SSSR count). The molecule has 0 bridgehead atoms. The molecule has 1 N–H and O–H groups in total. The molecule has 84 valence electrons. The van der Waals surface area contributed by atoms with E-state index >= 15 is 0 Å². The number of fused-ring (bicyclic) bond motifs is 1. The first-order valence-electron chi connectivity index (χ1n) is 5.11. The Morgan fingerprint density at radius 2 is 1.94 bits per heavy atom. The van der Waals surface area contributed by atoms with Gasteiger partial charge in [-0.15, -0.1) is 0 Å². The molecule has 1 heterocycles. The molecule has 1 aliphatic rings. The number of carboxylic acid groups (broad SMARTS) is 1. The molecular formula is C12H12O4. The lowest BCUT2D eigenvalue weighted by Crippen LogP contribution is -2.04. The molecule has 0 amide bonds. The van der Waals surface area contributed by atoms with Crippen LogP contribution >= 0.6 is 0 Å². The highest BCUT2D eigenvalue weighted by molar-refractivity contribution is 5.97. The van der Waals surface area contributed by atoms with Crippen LogP contribution < -0.4 is 0 Å². The number of Topliss-reactive ketones (excluding diaryl/α,β-unsaturated/α-hetero) is 1. The lowest BCUT2D eigenvalue weighted by atomic mass is 10.0. The fourth-order valence-corrected chi connectivity index (χ4v) is 1.71. The molecule has 0 atom stereocenters. The first-order valence-corrected chi connectivity index (χ1v) is 5.11. The maximum atomic E-state index is 11.6. The average Bonchev–Trinajstić information content (AvgIpc) is 2.72. The van der Waals surface area contributed by atoms with Crippen LogP contribution in [0, 0.1) is 0 Å². The van der Waals surface area contributed by atoms with E-state index in [4.69, 9.17) is 9.84 Å². The van der Waals surface area contributed by atoms with E-state index in [1.807, 2.05) is 6.07 Å². The van der Waals surface area contributed by atoms with E-state index < -0.39 is 5.97 Å². The molecule has 16 heavy (non-hydrogen) atoms. The molecule has 0 unspecified atom stereocenters. The third-order valence-corrected chi connectivity index (χ3v) is 2.61.